The topological polar surface area (TPSA) is 54.0 Å². The third-order valence-electron chi connectivity index (χ3n) is 11.9. The summed E-state index contributed by atoms with van der Waals surface area (Å²) in [7, 11) is 0. The summed E-state index contributed by atoms with van der Waals surface area (Å²) in [5.74, 6) is -0.874. The van der Waals surface area contributed by atoms with E-state index in [0.717, 1.165) is 115 Å². The minimum atomic E-state index is -0.835. The highest BCUT2D eigenvalue weighted by molar-refractivity contribution is 5.72. The molecule has 0 spiro atoms. The molecule has 346 valence electrons. The Bertz CT molecular complexity index is 1640. The lowest BCUT2D eigenvalue weighted by atomic mass is 9.94. The van der Waals surface area contributed by atoms with E-state index in [4.69, 9.17) is 18.9 Å². The fourth-order valence-electron chi connectivity index (χ4n) is 8.07. The van der Waals surface area contributed by atoms with Crippen LogP contribution in [-0.4, -0.2) is 32.4 Å². The molecule has 4 aromatic carbocycles. The highest BCUT2D eigenvalue weighted by Gasteiger charge is 2.19. The predicted octanol–water partition coefficient (Wildman–Crippen LogP) is 16.0. The van der Waals surface area contributed by atoms with Gasteiger partial charge in [-0.1, -0.05) is 201 Å². The van der Waals surface area contributed by atoms with Gasteiger partial charge in [0.15, 0.2) is 11.6 Å². The Labute approximate surface area is 379 Å². The minimum Gasteiger partial charge on any atom is -0.494 e. The van der Waals surface area contributed by atoms with Gasteiger partial charge in [0.1, 0.15) is 5.75 Å². The molecule has 0 amide bonds. The average Bonchev–Trinajstić information content (AvgIpc) is 3.31. The van der Waals surface area contributed by atoms with E-state index >= 15 is 0 Å². The highest BCUT2D eigenvalue weighted by atomic mass is 19.2. The predicted molar refractivity (Wildman–Crippen MR) is 255 cm³/mol. The number of rotatable bonds is 38. The highest BCUT2D eigenvalue weighted by Crippen LogP contribution is 2.27. The first kappa shape index (κ1) is 51.6. The van der Waals surface area contributed by atoms with Gasteiger partial charge in [-0.05, 0) is 73.4 Å². The number of hydrogen-bond donors (Lipinski definition) is 0. The van der Waals surface area contributed by atoms with Gasteiger partial charge in [0.25, 0.3) is 0 Å². The molecule has 0 fully saturated rings. The fraction of sp³-hybridized carbons (Fsp3) is 0.554. The van der Waals surface area contributed by atoms with Crippen molar-refractivity contribution in [1.29, 1.82) is 0 Å². The second-order valence-corrected chi connectivity index (χ2v) is 17.3. The Balaban J connectivity index is 0.940. The van der Waals surface area contributed by atoms with Crippen LogP contribution in [0.2, 0.25) is 0 Å². The van der Waals surface area contributed by atoms with Gasteiger partial charge >= 0.3 is 5.97 Å². The lowest BCUT2D eigenvalue weighted by Crippen LogP contribution is -2.18. The third kappa shape index (κ3) is 24.0. The SMILES string of the molecule is O=C(OCCCCCCCCCCCCCCCCOc1ccc(-c2cccc(F)c2F)cc1)C(CCCCCCOCc1ccccc1)CCCCCCOCc1ccccc1. The van der Waals surface area contributed by atoms with Crippen molar-refractivity contribution in [3.05, 3.63) is 126 Å². The van der Waals surface area contributed by atoms with Crippen molar-refractivity contribution in [3.8, 4) is 16.9 Å². The van der Waals surface area contributed by atoms with Crippen LogP contribution in [0.1, 0.15) is 165 Å². The van der Waals surface area contributed by atoms with Crippen molar-refractivity contribution in [3.63, 3.8) is 0 Å². The number of carbonyl (C=O) groups excluding carboxylic acids is 1. The Kier molecular flexibility index (Phi) is 28.1. The number of benzene rings is 4. The fourth-order valence-corrected chi connectivity index (χ4v) is 8.07. The number of unbranched alkanes of at least 4 members (excludes halogenated alkanes) is 19. The van der Waals surface area contributed by atoms with E-state index < -0.39 is 11.6 Å². The number of carbonyl (C=O) groups is 1. The van der Waals surface area contributed by atoms with E-state index in [1.807, 2.05) is 48.5 Å². The molecule has 7 heteroatoms. The van der Waals surface area contributed by atoms with Gasteiger partial charge in [0, 0.05) is 18.8 Å². The lowest BCUT2D eigenvalue weighted by Gasteiger charge is -2.16. The van der Waals surface area contributed by atoms with Crippen LogP contribution in [0.4, 0.5) is 8.78 Å². The monoisotopic (exact) mass is 869 g/mol. The van der Waals surface area contributed by atoms with Gasteiger partial charge in [-0.3, -0.25) is 4.79 Å². The summed E-state index contributed by atoms with van der Waals surface area (Å²) in [6.45, 7) is 4.13. The zero-order valence-electron chi connectivity index (χ0n) is 38.4. The quantitative estimate of drug-likeness (QED) is 0.0332. The van der Waals surface area contributed by atoms with Crippen LogP contribution in [0.3, 0.4) is 0 Å². The Hall–Kier alpha value is -4.07. The molecule has 0 aliphatic rings. The molecular weight excluding hydrogens is 791 g/mol. The van der Waals surface area contributed by atoms with Crippen molar-refractivity contribution < 1.29 is 32.5 Å². The molecule has 0 heterocycles. The van der Waals surface area contributed by atoms with Gasteiger partial charge in [-0.15, -0.1) is 0 Å². The molecule has 0 unspecified atom stereocenters. The minimum absolute atomic E-state index is 0.00943. The molecule has 0 atom stereocenters. The van der Waals surface area contributed by atoms with Crippen LogP contribution < -0.4 is 4.74 Å². The second kappa shape index (κ2) is 34.4. The zero-order valence-corrected chi connectivity index (χ0v) is 38.4. The molecule has 0 saturated heterocycles. The molecular formula is C56H78F2O5. The molecule has 0 bridgehead atoms. The van der Waals surface area contributed by atoms with E-state index in [9.17, 15) is 13.6 Å². The number of ether oxygens (including phenoxy) is 4. The molecule has 0 radical (unpaired) electrons. The van der Waals surface area contributed by atoms with E-state index in [-0.39, 0.29) is 17.5 Å². The maximum absolute atomic E-state index is 14.1. The number of halogens is 2. The molecule has 4 rings (SSSR count). The van der Waals surface area contributed by atoms with Gasteiger partial charge in [0.05, 0.1) is 32.3 Å². The summed E-state index contributed by atoms with van der Waals surface area (Å²) in [4.78, 5) is 13.2. The zero-order chi connectivity index (χ0) is 44.3. The normalized spacial score (nSPS) is 11.3. The van der Waals surface area contributed by atoms with Crippen LogP contribution >= 0.6 is 0 Å². The van der Waals surface area contributed by atoms with Crippen LogP contribution in [0, 0.1) is 17.6 Å². The molecule has 63 heavy (non-hydrogen) atoms. The molecule has 0 N–H and O–H groups in total. The van der Waals surface area contributed by atoms with Crippen molar-refractivity contribution in [2.75, 3.05) is 26.4 Å². The first-order valence-electron chi connectivity index (χ1n) is 24.7. The van der Waals surface area contributed by atoms with E-state index in [0.29, 0.717) is 32.0 Å². The molecule has 0 saturated carbocycles. The van der Waals surface area contributed by atoms with Crippen molar-refractivity contribution in [2.45, 2.75) is 167 Å². The van der Waals surface area contributed by atoms with E-state index in [1.165, 1.54) is 81.4 Å². The standard InChI is InChI=1S/C56H78F2O5/c57-54-37-29-36-53(55(54)58)50-38-40-52(41-39-50)62-44-27-13-9-7-5-3-1-2-4-6-8-10-14-28-45-63-56(59)51(34-23-11-15-25-42-60-46-48-30-19-17-20-31-48)35-24-12-16-26-43-61-47-49-32-21-18-22-33-49/h17-22,29-33,36-41,51H,1-16,23-28,34-35,42-47H2. The first-order valence-corrected chi connectivity index (χ1v) is 24.7. The lowest BCUT2D eigenvalue weighted by molar-refractivity contribution is -0.149. The average molecular weight is 869 g/mol. The summed E-state index contributed by atoms with van der Waals surface area (Å²) >= 11 is 0. The second-order valence-electron chi connectivity index (χ2n) is 17.3. The summed E-state index contributed by atoms with van der Waals surface area (Å²) in [6, 6.07) is 32.1. The van der Waals surface area contributed by atoms with Crippen molar-refractivity contribution in [1.82, 2.24) is 0 Å². The van der Waals surface area contributed by atoms with Gasteiger partial charge in [-0.2, -0.15) is 0 Å². The van der Waals surface area contributed by atoms with Crippen LogP contribution in [0.5, 0.6) is 5.75 Å². The molecule has 0 aliphatic heterocycles. The van der Waals surface area contributed by atoms with Crippen LogP contribution in [0.25, 0.3) is 11.1 Å². The maximum atomic E-state index is 14.1. The number of hydrogen-bond acceptors (Lipinski definition) is 5. The van der Waals surface area contributed by atoms with Crippen LogP contribution in [0.15, 0.2) is 103 Å². The molecule has 4 aromatic rings. The van der Waals surface area contributed by atoms with Crippen molar-refractivity contribution in [2.24, 2.45) is 5.92 Å². The van der Waals surface area contributed by atoms with Gasteiger partial charge < -0.3 is 18.9 Å². The molecule has 5 nitrogen and oxygen atoms in total. The van der Waals surface area contributed by atoms with Crippen LogP contribution in [-0.2, 0) is 32.2 Å². The molecule has 0 aromatic heterocycles. The Morgan fingerprint density at radius 2 is 0.857 bits per heavy atom. The Morgan fingerprint density at radius 1 is 0.429 bits per heavy atom. The van der Waals surface area contributed by atoms with Crippen molar-refractivity contribution >= 4 is 5.97 Å². The van der Waals surface area contributed by atoms with E-state index in [2.05, 4.69) is 24.3 Å². The maximum Gasteiger partial charge on any atom is 0.308 e. The molecule has 0 aliphatic carbocycles. The summed E-state index contributed by atoms with van der Waals surface area (Å²) in [5.41, 5.74) is 3.33. The third-order valence-corrected chi connectivity index (χ3v) is 11.9. The first-order chi connectivity index (χ1) is 31.1. The number of esters is 1. The summed E-state index contributed by atoms with van der Waals surface area (Å²) in [5, 5.41) is 0. The Morgan fingerprint density at radius 3 is 1.35 bits per heavy atom. The summed E-state index contributed by atoms with van der Waals surface area (Å²) < 4.78 is 51.1. The largest absolute Gasteiger partial charge is 0.494 e. The summed E-state index contributed by atoms with van der Waals surface area (Å²) in [6.07, 6.45) is 27.7. The van der Waals surface area contributed by atoms with Gasteiger partial charge in [-0.25, -0.2) is 8.78 Å². The van der Waals surface area contributed by atoms with E-state index in [1.54, 1.807) is 18.2 Å². The van der Waals surface area contributed by atoms with Gasteiger partial charge in [0.2, 0.25) is 0 Å². The smallest absolute Gasteiger partial charge is 0.308 e.